The van der Waals surface area contributed by atoms with E-state index in [-0.39, 0.29) is 36.6 Å². The smallest absolute Gasteiger partial charge is 0.357 e. The summed E-state index contributed by atoms with van der Waals surface area (Å²) in [6.45, 7) is 5.21. The Morgan fingerprint density at radius 3 is 1.92 bits per heavy atom. The van der Waals surface area contributed by atoms with Gasteiger partial charge in [-0.1, -0.05) is 18.2 Å². The zero-order chi connectivity index (χ0) is 18.4. The fourth-order valence-electron chi connectivity index (χ4n) is 2.38. The number of fused-ring (bicyclic) bond motifs is 1. The van der Waals surface area contributed by atoms with Crippen molar-refractivity contribution in [3.63, 3.8) is 0 Å². The van der Waals surface area contributed by atoms with E-state index in [0.717, 1.165) is 0 Å². The van der Waals surface area contributed by atoms with Crippen LogP contribution in [0.5, 0.6) is 0 Å². The Morgan fingerprint density at radius 2 is 1.32 bits per heavy atom. The molecule has 25 heavy (non-hydrogen) atoms. The number of carbonyl (C=O) groups is 3. The van der Waals surface area contributed by atoms with Gasteiger partial charge < -0.3 is 14.2 Å². The Bertz CT molecular complexity index is 815. The Morgan fingerprint density at radius 1 is 0.800 bits per heavy atom. The molecule has 0 bridgehead atoms. The minimum atomic E-state index is -0.827. The number of esters is 3. The lowest BCUT2D eigenvalue weighted by Crippen LogP contribution is -2.22. The van der Waals surface area contributed by atoms with Gasteiger partial charge in [0, 0.05) is 5.39 Å². The molecule has 132 valence electrons. The molecule has 0 amide bonds. The molecule has 2 rings (SSSR count). The van der Waals surface area contributed by atoms with Gasteiger partial charge in [-0.05, 0) is 26.8 Å². The minimum Gasteiger partial charge on any atom is -0.462 e. The normalized spacial score (nSPS) is 10.4. The molecule has 0 N–H and O–H groups in total. The molecule has 0 spiro atoms. The summed E-state index contributed by atoms with van der Waals surface area (Å²) >= 11 is 0. The molecule has 0 unspecified atom stereocenters. The fraction of sp³-hybridized carbons (Fsp3) is 0.333. The number of pyridine rings is 1. The standard InChI is InChI=1S/C18H19NO6/c1-4-23-16(20)13-11-9-7-8-10-12(11)19-15(18(22)25-6-3)14(13)17(21)24-5-2/h7-10H,4-6H2,1-3H3. The largest absolute Gasteiger partial charge is 0.462 e. The highest BCUT2D eigenvalue weighted by Crippen LogP contribution is 2.26. The lowest BCUT2D eigenvalue weighted by Gasteiger charge is -2.14. The summed E-state index contributed by atoms with van der Waals surface area (Å²) in [5.41, 5.74) is -0.171. The summed E-state index contributed by atoms with van der Waals surface area (Å²) < 4.78 is 15.1. The lowest BCUT2D eigenvalue weighted by atomic mass is 10.00. The summed E-state index contributed by atoms with van der Waals surface area (Å²) in [6.07, 6.45) is 0. The molecule has 1 heterocycles. The van der Waals surface area contributed by atoms with Crippen molar-refractivity contribution in [2.45, 2.75) is 20.8 Å². The van der Waals surface area contributed by atoms with Gasteiger partial charge in [-0.3, -0.25) is 0 Å². The summed E-state index contributed by atoms with van der Waals surface area (Å²) in [7, 11) is 0. The van der Waals surface area contributed by atoms with E-state index in [1.807, 2.05) is 0 Å². The lowest BCUT2D eigenvalue weighted by molar-refractivity contribution is 0.0456. The zero-order valence-electron chi connectivity index (χ0n) is 14.3. The zero-order valence-corrected chi connectivity index (χ0v) is 14.3. The molecule has 7 nitrogen and oxygen atoms in total. The van der Waals surface area contributed by atoms with Crippen molar-refractivity contribution < 1.29 is 28.6 Å². The van der Waals surface area contributed by atoms with Crippen LogP contribution < -0.4 is 0 Å². The van der Waals surface area contributed by atoms with E-state index < -0.39 is 17.9 Å². The number of para-hydroxylation sites is 1. The van der Waals surface area contributed by atoms with Crippen LogP contribution in [-0.2, 0) is 14.2 Å². The van der Waals surface area contributed by atoms with Gasteiger partial charge in [0.1, 0.15) is 5.56 Å². The predicted octanol–water partition coefficient (Wildman–Crippen LogP) is 2.76. The topological polar surface area (TPSA) is 91.8 Å². The van der Waals surface area contributed by atoms with E-state index in [9.17, 15) is 14.4 Å². The molecule has 0 aliphatic rings. The second-order valence-corrected chi connectivity index (χ2v) is 4.89. The highest BCUT2D eigenvalue weighted by atomic mass is 16.5. The highest BCUT2D eigenvalue weighted by molar-refractivity contribution is 6.16. The second-order valence-electron chi connectivity index (χ2n) is 4.89. The van der Waals surface area contributed by atoms with Crippen molar-refractivity contribution in [1.29, 1.82) is 0 Å². The van der Waals surface area contributed by atoms with E-state index >= 15 is 0 Å². The van der Waals surface area contributed by atoms with Gasteiger partial charge in [-0.2, -0.15) is 0 Å². The number of nitrogens with zero attached hydrogens (tertiary/aromatic N) is 1. The molecule has 7 heteroatoms. The van der Waals surface area contributed by atoms with Gasteiger partial charge in [0.2, 0.25) is 0 Å². The molecule has 0 atom stereocenters. The Kier molecular flexibility index (Phi) is 6.05. The average Bonchev–Trinajstić information content (AvgIpc) is 2.60. The maximum absolute atomic E-state index is 12.5. The van der Waals surface area contributed by atoms with E-state index in [2.05, 4.69) is 4.98 Å². The Hall–Kier alpha value is -2.96. The minimum absolute atomic E-state index is 0.0473. The maximum Gasteiger partial charge on any atom is 0.357 e. The Labute approximate surface area is 144 Å². The summed E-state index contributed by atoms with van der Waals surface area (Å²) in [5, 5.41) is 0.400. The van der Waals surface area contributed by atoms with Crippen LogP contribution in [0.4, 0.5) is 0 Å². The van der Waals surface area contributed by atoms with Crippen LogP contribution in [0.2, 0.25) is 0 Å². The first-order chi connectivity index (χ1) is 12.0. The number of hydrogen-bond donors (Lipinski definition) is 0. The maximum atomic E-state index is 12.5. The van der Waals surface area contributed by atoms with Gasteiger partial charge in [-0.25, -0.2) is 19.4 Å². The van der Waals surface area contributed by atoms with Crippen LogP contribution in [0, 0.1) is 0 Å². The molecule has 0 saturated carbocycles. The third-order valence-electron chi connectivity index (χ3n) is 3.32. The molecule has 0 fully saturated rings. The third-order valence-corrected chi connectivity index (χ3v) is 3.32. The predicted molar refractivity (Wildman–Crippen MR) is 89.6 cm³/mol. The van der Waals surface area contributed by atoms with E-state index in [0.29, 0.717) is 10.9 Å². The fourth-order valence-corrected chi connectivity index (χ4v) is 2.38. The molecular formula is C18H19NO6. The number of benzene rings is 1. The van der Waals surface area contributed by atoms with Crippen LogP contribution in [-0.4, -0.2) is 42.7 Å². The molecular weight excluding hydrogens is 326 g/mol. The van der Waals surface area contributed by atoms with Crippen LogP contribution in [0.1, 0.15) is 52.0 Å². The SMILES string of the molecule is CCOC(=O)c1nc2ccccc2c(C(=O)OCC)c1C(=O)OCC. The van der Waals surface area contributed by atoms with Gasteiger partial charge in [0.05, 0.1) is 30.9 Å². The monoisotopic (exact) mass is 345 g/mol. The first-order valence-electron chi connectivity index (χ1n) is 7.99. The van der Waals surface area contributed by atoms with Crippen LogP contribution in [0.3, 0.4) is 0 Å². The molecule has 0 aliphatic heterocycles. The summed E-state index contributed by atoms with van der Waals surface area (Å²) in [5.74, 6) is -2.36. The highest BCUT2D eigenvalue weighted by Gasteiger charge is 2.31. The molecule has 0 aliphatic carbocycles. The number of ether oxygens (including phenoxy) is 3. The first kappa shape index (κ1) is 18.4. The van der Waals surface area contributed by atoms with Gasteiger partial charge in [0.15, 0.2) is 5.69 Å². The van der Waals surface area contributed by atoms with Gasteiger partial charge in [-0.15, -0.1) is 0 Å². The van der Waals surface area contributed by atoms with E-state index in [1.165, 1.54) is 0 Å². The summed E-state index contributed by atoms with van der Waals surface area (Å²) in [4.78, 5) is 41.5. The van der Waals surface area contributed by atoms with Crippen LogP contribution >= 0.6 is 0 Å². The quantitative estimate of drug-likeness (QED) is 0.587. The van der Waals surface area contributed by atoms with Crippen molar-refractivity contribution in [3.05, 3.63) is 41.1 Å². The van der Waals surface area contributed by atoms with Crippen LogP contribution in [0.25, 0.3) is 10.9 Å². The van der Waals surface area contributed by atoms with Crippen molar-refractivity contribution in [3.8, 4) is 0 Å². The van der Waals surface area contributed by atoms with Crippen LogP contribution in [0.15, 0.2) is 24.3 Å². The first-order valence-corrected chi connectivity index (χ1v) is 7.99. The summed E-state index contributed by atoms with van der Waals surface area (Å²) in [6, 6.07) is 6.68. The molecule has 1 aromatic carbocycles. The van der Waals surface area contributed by atoms with Crippen molar-refractivity contribution in [2.75, 3.05) is 19.8 Å². The number of carbonyl (C=O) groups excluding carboxylic acids is 3. The molecule has 0 radical (unpaired) electrons. The second kappa shape index (κ2) is 8.23. The van der Waals surface area contributed by atoms with Crippen molar-refractivity contribution >= 4 is 28.8 Å². The average molecular weight is 345 g/mol. The molecule has 1 aromatic heterocycles. The molecule has 0 saturated heterocycles. The van der Waals surface area contributed by atoms with E-state index in [4.69, 9.17) is 14.2 Å². The molecule has 2 aromatic rings. The van der Waals surface area contributed by atoms with Crippen molar-refractivity contribution in [1.82, 2.24) is 4.98 Å². The third kappa shape index (κ3) is 3.76. The number of hydrogen-bond acceptors (Lipinski definition) is 7. The number of aromatic nitrogens is 1. The van der Waals surface area contributed by atoms with Gasteiger partial charge >= 0.3 is 17.9 Å². The van der Waals surface area contributed by atoms with E-state index in [1.54, 1.807) is 45.0 Å². The number of rotatable bonds is 6. The van der Waals surface area contributed by atoms with Crippen molar-refractivity contribution in [2.24, 2.45) is 0 Å². The van der Waals surface area contributed by atoms with Gasteiger partial charge in [0.25, 0.3) is 0 Å². The Balaban J connectivity index is 2.84.